The summed E-state index contributed by atoms with van der Waals surface area (Å²) in [4.78, 5) is 0. The SMILES string of the molecule is OC(c1csc(Br)c1)c1cc2c(cc1Cl)OCCCO2. The lowest BCUT2D eigenvalue weighted by molar-refractivity contribution is 0.220. The minimum absolute atomic E-state index is 0.476. The van der Waals surface area contributed by atoms with Gasteiger partial charge in [-0.15, -0.1) is 11.3 Å². The predicted octanol–water partition coefficient (Wildman–Crippen LogP) is 4.41. The van der Waals surface area contributed by atoms with E-state index in [0.717, 1.165) is 15.8 Å². The molecule has 1 unspecified atom stereocenters. The maximum absolute atomic E-state index is 10.5. The number of aliphatic hydroxyl groups is 1. The van der Waals surface area contributed by atoms with Crippen LogP contribution in [0.25, 0.3) is 0 Å². The maximum atomic E-state index is 10.5. The summed E-state index contributed by atoms with van der Waals surface area (Å²) in [6.07, 6.45) is 0.0592. The van der Waals surface area contributed by atoms with Gasteiger partial charge < -0.3 is 14.6 Å². The van der Waals surface area contributed by atoms with Crippen molar-refractivity contribution >= 4 is 38.9 Å². The van der Waals surface area contributed by atoms with Crippen molar-refractivity contribution in [3.63, 3.8) is 0 Å². The summed E-state index contributed by atoms with van der Waals surface area (Å²) in [5.74, 6) is 1.27. The molecule has 0 bridgehead atoms. The van der Waals surface area contributed by atoms with Crippen LogP contribution in [-0.4, -0.2) is 18.3 Å². The van der Waals surface area contributed by atoms with Gasteiger partial charge in [-0.25, -0.2) is 0 Å². The zero-order valence-corrected chi connectivity index (χ0v) is 13.6. The van der Waals surface area contributed by atoms with E-state index >= 15 is 0 Å². The van der Waals surface area contributed by atoms with Gasteiger partial charge in [-0.05, 0) is 39.0 Å². The van der Waals surface area contributed by atoms with Crippen molar-refractivity contribution < 1.29 is 14.6 Å². The van der Waals surface area contributed by atoms with Gasteiger partial charge in [0.05, 0.1) is 22.0 Å². The molecule has 1 atom stereocenters. The van der Waals surface area contributed by atoms with Crippen LogP contribution in [0.5, 0.6) is 11.5 Å². The highest BCUT2D eigenvalue weighted by Gasteiger charge is 2.20. The van der Waals surface area contributed by atoms with Crippen molar-refractivity contribution in [2.75, 3.05) is 13.2 Å². The fourth-order valence-corrected chi connectivity index (χ4v) is 3.51. The van der Waals surface area contributed by atoms with Crippen LogP contribution in [0.15, 0.2) is 27.4 Å². The van der Waals surface area contributed by atoms with Crippen LogP contribution in [0.1, 0.15) is 23.7 Å². The zero-order chi connectivity index (χ0) is 14.1. The maximum Gasteiger partial charge on any atom is 0.162 e. The molecule has 0 radical (unpaired) electrons. The summed E-state index contributed by atoms with van der Waals surface area (Å²) in [5, 5.41) is 12.8. The molecule has 1 aliphatic heterocycles. The van der Waals surface area contributed by atoms with E-state index in [-0.39, 0.29) is 0 Å². The summed E-state index contributed by atoms with van der Waals surface area (Å²) in [7, 11) is 0. The fourth-order valence-electron chi connectivity index (χ4n) is 2.06. The first-order valence-corrected chi connectivity index (χ1v) is 8.21. The van der Waals surface area contributed by atoms with E-state index in [1.54, 1.807) is 12.1 Å². The Morgan fingerprint density at radius 1 is 1.20 bits per heavy atom. The first-order valence-electron chi connectivity index (χ1n) is 6.16. The molecule has 20 heavy (non-hydrogen) atoms. The average Bonchev–Trinajstić information content (AvgIpc) is 2.73. The van der Waals surface area contributed by atoms with Gasteiger partial charge in [0.25, 0.3) is 0 Å². The van der Waals surface area contributed by atoms with Crippen molar-refractivity contribution in [3.8, 4) is 11.5 Å². The topological polar surface area (TPSA) is 38.7 Å². The second-order valence-corrected chi connectivity index (χ2v) is 7.16. The molecule has 1 aromatic carbocycles. The molecule has 3 rings (SSSR count). The average molecular weight is 376 g/mol. The highest BCUT2D eigenvalue weighted by Crippen LogP contribution is 2.40. The molecule has 0 amide bonds. The summed E-state index contributed by atoms with van der Waals surface area (Å²) >= 11 is 11.2. The van der Waals surface area contributed by atoms with Crippen LogP contribution in [-0.2, 0) is 0 Å². The van der Waals surface area contributed by atoms with Gasteiger partial charge in [-0.1, -0.05) is 11.6 Å². The van der Waals surface area contributed by atoms with Crippen molar-refractivity contribution in [1.29, 1.82) is 0 Å². The van der Waals surface area contributed by atoms with Crippen LogP contribution in [0, 0.1) is 0 Å². The lowest BCUT2D eigenvalue weighted by Crippen LogP contribution is -2.01. The summed E-state index contributed by atoms with van der Waals surface area (Å²) < 4.78 is 12.2. The minimum atomic E-state index is -0.776. The first kappa shape index (κ1) is 14.2. The van der Waals surface area contributed by atoms with Crippen LogP contribution >= 0.6 is 38.9 Å². The Balaban J connectivity index is 1.99. The van der Waals surface area contributed by atoms with Gasteiger partial charge in [0.15, 0.2) is 11.5 Å². The Bertz CT molecular complexity index is 629. The van der Waals surface area contributed by atoms with Gasteiger partial charge in [0.1, 0.15) is 6.10 Å². The Morgan fingerprint density at radius 3 is 2.55 bits per heavy atom. The third kappa shape index (κ3) is 2.81. The number of fused-ring (bicyclic) bond motifs is 1. The summed E-state index contributed by atoms with van der Waals surface area (Å²) in [5.41, 5.74) is 1.43. The highest BCUT2D eigenvalue weighted by atomic mass is 79.9. The lowest BCUT2D eigenvalue weighted by Gasteiger charge is -2.15. The van der Waals surface area contributed by atoms with E-state index < -0.39 is 6.10 Å². The van der Waals surface area contributed by atoms with E-state index in [0.29, 0.717) is 35.3 Å². The van der Waals surface area contributed by atoms with E-state index in [2.05, 4.69) is 15.9 Å². The van der Waals surface area contributed by atoms with Crippen molar-refractivity contribution in [1.82, 2.24) is 0 Å². The summed E-state index contributed by atoms with van der Waals surface area (Å²) in [6, 6.07) is 5.36. The Kier molecular flexibility index (Phi) is 4.21. The molecule has 2 aromatic rings. The first-order chi connectivity index (χ1) is 9.65. The molecule has 106 valence electrons. The van der Waals surface area contributed by atoms with E-state index in [4.69, 9.17) is 21.1 Å². The quantitative estimate of drug-likeness (QED) is 0.845. The molecule has 0 saturated carbocycles. The number of benzene rings is 1. The minimum Gasteiger partial charge on any atom is -0.490 e. The Hall–Kier alpha value is -0.750. The molecule has 1 aliphatic rings. The molecule has 1 aromatic heterocycles. The van der Waals surface area contributed by atoms with Gasteiger partial charge in [0.2, 0.25) is 0 Å². The number of halogens is 2. The number of ether oxygens (including phenoxy) is 2. The second kappa shape index (κ2) is 5.93. The molecule has 0 aliphatic carbocycles. The van der Waals surface area contributed by atoms with E-state index in [9.17, 15) is 5.11 Å². The molecule has 2 heterocycles. The monoisotopic (exact) mass is 374 g/mol. The Labute approximate surface area is 134 Å². The smallest absolute Gasteiger partial charge is 0.162 e. The van der Waals surface area contributed by atoms with E-state index in [1.807, 2.05) is 11.4 Å². The van der Waals surface area contributed by atoms with Crippen molar-refractivity contribution in [2.45, 2.75) is 12.5 Å². The number of thiophene rings is 1. The molecule has 0 spiro atoms. The molecular weight excluding hydrogens is 364 g/mol. The van der Waals surface area contributed by atoms with Crippen LogP contribution < -0.4 is 9.47 Å². The molecule has 1 N–H and O–H groups in total. The lowest BCUT2D eigenvalue weighted by atomic mass is 10.0. The number of aliphatic hydroxyl groups excluding tert-OH is 1. The number of hydrogen-bond acceptors (Lipinski definition) is 4. The van der Waals surface area contributed by atoms with Gasteiger partial charge >= 0.3 is 0 Å². The highest BCUT2D eigenvalue weighted by molar-refractivity contribution is 9.11. The van der Waals surface area contributed by atoms with Crippen LogP contribution in [0.2, 0.25) is 5.02 Å². The second-order valence-electron chi connectivity index (χ2n) is 4.46. The third-order valence-electron chi connectivity index (χ3n) is 3.06. The number of rotatable bonds is 2. The summed E-state index contributed by atoms with van der Waals surface area (Å²) in [6.45, 7) is 1.22. The fraction of sp³-hybridized carbons (Fsp3) is 0.286. The van der Waals surface area contributed by atoms with Crippen molar-refractivity contribution in [2.24, 2.45) is 0 Å². The van der Waals surface area contributed by atoms with Gasteiger partial charge in [-0.3, -0.25) is 0 Å². The normalized spacial score (nSPS) is 15.8. The molecule has 3 nitrogen and oxygen atoms in total. The molecular formula is C14H12BrClO3S. The van der Waals surface area contributed by atoms with E-state index in [1.165, 1.54) is 11.3 Å². The molecule has 0 saturated heterocycles. The van der Waals surface area contributed by atoms with Crippen LogP contribution in [0.3, 0.4) is 0 Å². The largest absolute Gasteiger partial charge is 0.490 e. The molecule has 6 heteroatoms. The zero-order valence-electron chi connectivity index (χ0n) is 10.4. The predicted molar refractivity (Wildman–Crippen MR) is 83.1 cm³/mol. The van der Waals surface area contributed by atoms with Gasteiger partial charge in [0, 0.05) is 18.1 Å². The number of hydrogen-bond donors (Lipinski definition) is 1. The van der Waals surface area contributed by atoms with Crippen LogP contribution in [0.4, 0.5) is 0 Å². The standard InChI is InChI=1S/C14H12BrClO3S/c15-13-4-8(7-20-13)14(17)9-5-11-12(6-10(9)16)19-3-1-2-18-11/h4-7,14,17H,1-3H2. The Morgan fingerprint density at radius 2 is 1.90 bits per heavy atom. The van der Waals surface area contributed by atoms with Crippen molar-refractivity contribution in [3.05, 3.63) is 43.5 Å². The van der Waals surface area contributed by atoms with Gasteiger partial charge in [-0.2, -0.15) is 0 Å². The third-order valence-corrected chi connectivity index (χ3v) is 4.91. The molecule has 0 fully saturated rings.